The number of carbonyl (C=O) groups is 1. The number of fused-ring (bicyclic) bond motifs is 1. The molecule has 3 aromatic rings. The average Bonchev–Trinajstić information content (AvgIpc) is 3.33. The summed E-state index contributed by atoms with van der Waals surface area (Å²) < 4.78 is 16.0. The molecule has 0 unspecified atom stereocenters. The Kier molecular flexibility index (Phi) is 6.49. The summed E-state index contributed by atoms with van der Waals surface area (Å²) >= 11 is 2.71. The van der Waals surface area contributed by atoms with Crippen LogP contribution in [-0.2, 0) is 24.2 Å². The summed E-state index contributed by atoms with van der Waals surface area (Å²) in [5.74, 6) is -0.125. The second kappa shape index (κ2) is 9.45. The number of hydrogen-bond acceptors (Lipinski definition) is 6. The molecule has 0 saturated carbocycles. The van der Waals surface area contributed by atoms with E-state index in [0.29, 0.717) is 33.7 Å². The standard InChI is InChI=1S/C22H20FN5OS2/c1-2-11-28-20(15-8-3-5-9-17(15)23)26-27-22(28)30-13-19(29)25-21-16(12-24)14-7-4-6-10-18(14)31-21/h2-3,5,8-9H,1,4,6-7,10-11,13H2,(H,25,29). The van der Waals surface area contributed by atoms with Gasteiger partial charge in [-0.2, -0.15) is 5.26 Å². The third-order valence-electron chi connectivity index (χ3n) is 5.01. The van der Waals surface area contributed by atoms with Crippen molar-refractivity contribution in [1.82, 2.24) is 14.8 Å². The molecule has 1 aliphatic rings. The highest BCUT2D eigenvalue weighted by atomic mass is 32.2. The van der Waals surface area contributed by atoms with Crippen LogP contribution in [-0.4, -0.2) is 26.4 Å². The van der Waals surface area contributed by atoms with Crippen molar-refractivity contribution in [3.63, 3.8) is 0 Å². The predicted octanol–water partition coefficient (Wildman–Crippen LogP) is 4.81. The molecule has 1 aliphatic carbocycles. The molecule has 1 N–H and O–H groups in total. The molecule has 0 radical (unpaired) electrons. The van der Waals surface area contributed by atoms with Crippen LogP contribution in [0.4, 0.5) is 9.39 Å². The van der Waals surface area contributed by atoms with Crippen LogP contribution < -0.4 is 5.32 Å². The molecule has 0 spiro atoms. The van der Waals surface area contributed by atoms with Crippen molar-refractivity contribution in [2.75, 3.05) is 11.1 Å². The van der Waals surface area contributed by atoms with Gasteiger partial charge in [-0.1, -0.05) is 30.0 Å². The number of nitrogens with one attached hydrogen (secondary N) is 1. The predicted molar refractivity (Wildman–Crippen MR) is 121 cm³/mol. The highest BCUT2D eigenvalue weighted by Crippen LogP contribution is 2.37. The van der Waals surface area contributed by atoms with E-state index in [2.05, 4.69) is 28.2 Å². The fraction of sp³-hybridized carbons (Fsp3) is 0.273. The quantitative estimate of drug-likeness (QED) is 0.410. The van der Waals surface area contributed by atoms with Gasteiger partial charge < -0.3 is 5.32 Å². The number of halogens is 1. The third-order valence-corrected chi connectivity index (χ3v) is 7.19. The van der Waals surface area contributed by atoms with Gasteiger partial charge in [0.15, 0.2) is 11.0 Å². The summed E-state index contributed by atoms with van der Waals surface area (Å²) in [4.78, 5) is 13.8. The number of allylic oxidation sites excluding steroid dienone is 1. The van der Waals surface area contributed by atoms with Crippen molar-refractivity contribution in [3.05, 3.63) is 58.7 Å². The lowest BCUT2D eigenvalue weighted by atomic mass is 9.96. The van der Waals surface area contributed by atoms with Crippen molar-refractivity contribution in [2.24, 2.45) is 0 Å². The number of anilines is 1. The summed E-state index contributed by atoms with van der Waals surface area (Å²) in [6.07, 6.45) is 5.72. The molecular formula is C22H20FN5OS2. The molecule has 0 aliphatic heterocycles. The van der Waals surface area contributed by atoms with Crippen LogP contribution in [0.1, 0.15) is 28.8 Å². The Morgan fingerprint density at radius 2 is 2.16 bits per heavy atom. The molecule has 2 aromatic heterocycles. The summed E-state index contributed by atoms with van der Waals surface area (Å²) in [6, 6.07) is 8.61. The van der Waals surface area contributed by atoms with Crippen molar-refractivity contribution in [2.45, 2.75) is 37.4 Å². The van der Waals surface area contributed by atoms with E-state index in [1.807, 2.05) is 0 Å². The average molecular weight is 454 g/mol. The Hall–Kier alpha value is -2.96. The molecule has 1 aromatic carbocycles. The molecule has 31 heavy (non-hydrogen) atoms. The van der Waals surface area contributed by atoms with Crippen LogP contribution in [0.25, 0.3) is 11.4 Å². The lowest BCUT2D eigenvalue weighted by Gasteiger charge is -2.09. The zero-order chi connectivity index (χ0) is 21.8. The van der Waals surface area contributed by atoms with Gasteiger partial charge in [-0.15, -0.1) is 28.1 Å². The van der Waals surface area contributed by atoms with Crippen LogP contribution in [0, 0.1) is 17.1 Å². The van der Waals surface area contributed by atoms with Gasteiger partial charge in [0.2, 0.25) is 5.91 Å². The number of amides is 1. The van der Waals surface area contributed by atoms with Crippen molar-refractivity contribution >= 4 is 34.0 Å². The number of nitrogens with zero attached hydrogens (tertiary/aromatic N) is 4. The van der Waals surface area contributed by atoms with E-state index in [1.165, 1.54) is 34.0 Å². The van der Waals surface area contributed by atoms with Gasteiger partial charge in [0.25, 0.3) is 0 Å². The zero-order valence-corrected chi connectivity index (χ0v) is 18.4. The first kappa shape index (κ1) is 21.3. The number of aryl methyl sites for hydroxylation is 1. The summed E-state index contributed by atoms with van der Waals surface area (Å²) in [7, 11) is 0. The Morgan fingerprint density at radius 1 is 1.35 bits per heavy atom. The molecular weight excluding hydrogens is 433 g/mol. The molecule has 0 fully saturated rings. The minimum Gasteiger partial charge on any atom is -0.316 e. The number of hydrogen-bond donors (Lipinski definition) is 1. The second-order valence-corrected chi connectivity index (χ2v) is 9.10. The van der Waals surface area contributed by atoms with Gasteiger partial charge in [-0.05, 0) is 43.4 Å². The number of nitriles is 1. The maximum atomic E-state index is 14.2. The molecule has 0 atom stereocenters. The summed E-state index contributed by atoms with van der Waals surface area (Å²) in [5.41, 5.74) is 2.02. The minimum absolute atomic E-state index is 0.0972. The number of thiophene rings is 1. The Labute approximate surface area is 187 Å². The highest BCUT2D eigenvalue weighted by molar-refractivity contribution is 7.99. The highest BCUT2D eigenvalue weighted by Gasteiger charge is 2.22. The van der Waals surface area contributed by atoms with Crippen molar-refractivity contribution in [1.29, 1.82) is 5.26 Å². The monoisotopic (exact) mass is 453 g/mol. The van der Waals surface area contributed by atoms with E-state index in [1.54, 1.807) is 28.8 Å². The van der Waals surface area contributed by atoms with Gasteiger partial charge in [0, 0.05) is 11.4 Å². The van der Waals surface area contributed by atoms with Crippen molar-refractivity contribution in [3.8, 4) is 17.5 Å². The zero-order valence-electron chi connectivity index (χ0n) is 16.7. The Bertz CT molecular complexity index is 1180. The van der Waals surface area contributed by atoms with Crippen LogP contribution in [0.15, 0.2) is 42.1 Å². The smallest absolute Gasteiger partial charge is 0.235 e. The first-order valence-electron chi connectivity index (χ1n) is 9.88. The molecule has 158 valence electrons. The first-order chi connectivity index (χ1) is 15.1. The molecule has 1 amide bonds. The molecule has 2 heterocycles. The number of carbonyl (C=O) groups excluding carboxylic acids is 1. The van der Waals surface area contributed by atoms with E-state index >= 15 is 0 Å². The molecule has 0 saturated heterocycles. The fourth-order valence-corrected chi connectivity index (χ4v) is 5.60. The van der Waals surface area contributed by atoms with Crippen LogP contribution in [0.3, 0.4) is 0 Å². The topological polar surface area (TPSA) is 83.6 Å². The number of benzene rings is 1. The maximum absolute atomic E-state index is 14.2. The SMILES string of the molecule is C=CCn1c(SCC(=O)Nc2sc3c(c2C#N)CCCC3)nnc1-c1ccccc1F. The third kappa shape index (κ3) is 4.40. The lowest BCUT2D eigenvalue weighted by Crippen LogP contribution is -2.14. The van der Waals surface area contributed by atoms with Crippen LogP contribution in [0.5, 0.6) is 0 Å². The van der Waals surface area contributed by atoms with Crippen LogP contribution >= 0.6 is 23.1 Å². The van der Waals surface area contributed by atoms with Gasteiger partial charge in [0.05, 0.1) is 16.9 Å². The number of thioether (sulfide) groups is 1. The summed E-state index contributed by atoms with van der Waals surface area (Å²) in [6.45, 7) is 4.13. The van der Waals surface area contributed by atoms with E-state index in [9.17, 15) is 14.4 Å². The maximum Gasteiger partial charge on any atom is 0.235 e. The first-order valence-corrected chi connectivity index (χ1v) is 11.7. The lowest BCUT2D eigenvalue weighted by molar-refractivity contribution is -0.113. The molecule has 0 bridgehead atoms. The van der Waals surface area contributed by atoms with Gasteiger partial charge in [-0.3, -0.25) is 9.36 Å². The van der Waals surface area contributed by atoms with Gasteiger partial charge >= 0.3 is 0 Å². The second-order valence-electron chi connectivity index (χ2n) is 7.05. The van der Waals surface area contributed by atoms with E-state index in [-0.39, 0.29) is 17.5 Å². The van der Waals surface area contributed by atoms with Gasteiger partial charge in [-0.25, -0.2) is 4.39 Å². The van der Waals surface area contributed by atoms with E-state index in [0.717, 1.165) is 31.2 Å². The van der Waals surface area contributed by atoms with Crippen molar-refractivity contribution < 1.29 is 9.18 Å². The largest absolute Gasteiger partial charge is 0.316 e. The normalized spacial score (nSPS) is 12.8. The number of aromatic nitrogens is 3. The van der Waals surface area contributed by atoms with Crippen LogP contribution in [0.2, 0.25) is 0 Å². The van der Waals surface area contributed by atoms with E-state index in [4.69, 9.17) is 0 Å². The van der Waals surface area contributed by atoms with E-state index < -0.39 is 0 Å². The Morgan fingerprint density at radius 3 is 2.94 bits per heavy atom. The number of rotatable bonds is 7. The Balaban J connectivity index is 1.49. The summed E-state index contributed by atoms with van der Waals surface area (Å²) in [5, 5.41) is 21.8. The fourth-order valence-electron chi connectivity index (χ4n) is 3.60. The molecule has 9 heteroatoms. The molecule has 6 nitrogen and oxygen atoms in total. The van der Waals surface area contributed by atoms with Gasteiger partial charge in [0.1, 0.15) is 16.9 Å². The minimum atomic E-state index is -0.389. The molecule has 4 rings (SSSR count).